The van der Waals surface area contributed by atoms with E-state index >= 15 is 0 Å². The molecule has 1 N–H and O–H groups in total. The fourth-order valence-electron chi connectivity index (χ4n) is 3.82. The molecule has 0 radical (unpaired) electrons. The summed E-state index contributed by atoms with van der Waals surface area (Å²) in [4.78, 5) is 31.2. The van der Waals surface area contributed by atoms with Crippen molar-refractivity contribution < 1.29 is 19.1 Å². The number of carbonyl (C=O) groups is 2. The summed E-state index contributed by atoms with van der Waals surface area (Å²) < 4.78 is 11.6. The predicted molar refractivity (Wildman–Crippen MR) is 153 cm³/mol. The van der Waals surface area contributed by atoms with E-state index in [2.05, 4.69) is 28.2 Å². The molecule has 0 unspecified atom stereocenters. The first-order chi connectivity index (χ1) is 17.9. The van der Waals surface area contributed by atoms with Crippen LogP contribution in [-0.2, 0) is 17.8 Å². The van der Waals surface area contributed by atoms with Gasteiger partial charge in [0.05, 0.1) is 20.8 Å². The summed E-state index contributed by atoms with van der Waals surface area (Å²) in [5, 5.41) is 4.93. The van der Waals surface area contributed by atoms with E-state index in [0.717, 1.165) is 27.8 Å². The van der Waals surface area contributed by atoms with Gasteiger partial charge in [-0.1, -0.05) is 47.5 Å². The second kappa shape index (κ2) is 14.6. The average molecular weight is 589 g/mol. The zero-order chi connectivity index (χ0) is 26.6. The number of carbonyl (C=O) groups excluding carboxylic acids is 2. The lowest BCUT2D eigenvalue weighted by atomic mass is 10.1. The molecule has 0 bridgehead atoms. The van der Waals surface area contributed by atoms with Gasteiger partial charge >= 0.3 is 6.03 Å². The molecule has 0 fully saturated rings. The Hall–Kier alpha value is -3.04. The number of hydrogen-bond acceptors (Lipinski definition) is 5. The quantitative estimate of drug-likeness (QED) is 0.250. The number of benzene rings is 2. The van der Waals surface area contributed by atoms with Gasteiger partial charge in [0.1, 0.15) is 6.54 Å². The molecule has 1 heterocycles. The molecular formula is C28H34BrN3O4S. The third kappa shape index (κ3) is 8.79. The average Bonchev–Trinajstić information content (AvgIpc) is 3.41. The number of nitrogens with one attached hydrogen (secondary N) is 1. The summed E-state index contributed by atoms with van der Waals surface area (Å²) in [6.07, 6.45) is 2.39. The van der Waals surface area contributed by atoms with Crippen LogP contribution in [0.15, 0.2) is 64.5 Å². The number of ether oxygens (including phenoxy) is 2. The van der Waals surface area contributed by atoms with Gasteiger partial charge in [-0.3, -0.25) is 4.79 Å². The van der Waals surface area contributed by atoms with Gasteiger partial charge in [-0.25, -0.2) is 4.79 Å². The van der Waals surface area contributed by atoms with Gasteiger partial charge in [0.2, 0.25) is 5.91 Å². The number of anilines is 1. The van der Waals surface area contributed by atoms with Crippen LogP contribution in [0, 0.1) is 0 Å². The molecule has 1 aromatic heterocycles. The molecule has 3 rings (SSSR count). The zero-order valence-electron chi connectivity index (χ0n) is 21.5. The summed E-state index contributed by atoms with van der Waals surface area (Å²) in [6.45, 7) is 3.60. The van der Waals surface area contributed by atoms with E-state index in [1.807, 2.05) is 64.9 Å². The largest absolute Gasteiger partial charge is 0.493 e. The molecule has 0 aliphatic rings. The van der Waals surface area contributed by atoms with Gasteiger partial charge in [0.25, 0.3) is 0 Å². The Morgan fingerprint density at radius 3 is 2.46 bits per heavy atom. The number of methoxy groups -OCH3 is 2. The van der Waals surface area contributed by atoms with E-state index in [0.29, 0.717) is 43.2 Å². The third-order valence-corrected chi connectivity index (χ3v) is 7.22. The number of nitrogens with zero attached hydrogens (tertiary/aromatic N) is 2. The van der Waals surface area contributed by atoms with E-state index < -0.39 is 0 Å². The summed E-state index contributed by atoms with van der Waals surface area (Å²) in [5.74, 6) is 1.24. The van der Waals surface area contributed by atoms with Gasteiger partial charge < -0.3 is 24.6 Å². The molecule has 198 valence electrons. The highest BCUT2D eigenvalue weighted by atomic mass is 79.9. The fraction of sp³-hybridized carbons (Fsp3) is 0.357. The maximum Gasteiger partial charge on any atom is 0.322 e. The lowest BCUT2D eigenvalue weighted by Gasteiger charge is -2.28. The van der Waals surface area contributed by atoms with Crippen LogP contribution in [0.2, 0.25) is 0 Å². The van der Waals surface area contributed by atoms with E-state index in [9.17, 15) is 9.59 Å². The van der Waals surface area contributed by atoms with Crippen molar-refractivity contribution in [1.82, 2.24) is 9.80 Å². The minimum Gasteiger partial charge on any atom is -0.493 e. The standard InChI is InChI=1S/C28H34BrN3O4S/c1-4-5-14-32(28(34)30-23-9-6-8-22(29)18-23)20-27(33)31(19-24-10-7-16-37-24)15-13-21-11-12-25(35-2)26(17-21)36-3/h6-12,16-18H,4-5,13-15,19-20H2,1-3H3,(H,30,34). The number of thiophene rings is 1. The van der Waals surface area contributed by atoms with E-state index in [1.165, 1.54) is 0 Å². The Morgan fingerprint density at radius 1 is 0.973 bits per heavy atom. The number of rotatable bonds is 13. The highest BCUT2D eigenvalue weighted by molar-refractivity contribution is 9.10. The van der Waals surface area contributed by atoms with E-state index in [1.54, 1.807) is 30.5 Å². The number of hydrogen-bond donors (Lipinski definition) is 1. The van der Waals surface area contributed by atoms with E-state index in [-0.39, 0.29) is 18.5 Å². The maximum absolute atomic E-state index is 13.6. The van der Waals surface area contributed by atoms with E-state index in [4.69, 9.17) is 9.47 Å². The first-order valence-electron chi connectivity index (χ1n) is 12.3. The lowest BCUT2D eigenvalue weighted by molar-refractivity contribution is -0.132. The molecule has 3 aromatic rings. The molecule has 9 heteroatoms. The van der Waals surface area contributed by atoms with Crippen molar-refractivity contribution >= 4 is 44.9 Å². The second-order valence-electron chi connectivity index (χ2n) is 8.55. The van der Waals surface area contributed by atoms with Crippen molar-refractivity contribution in [3.8, 4) is 11.5 Å². The highest BCUT2D eigenvalue weighted by Crippen LogP contribution is 2.28. The van der Waals surface area contributed by atoms with Gasteiger partial charge in [-0.05, 0) is 60.2 Å². The van der Waals surface area contributed by atoms with Crippen LogP contribution in [0.1, 0.15) is 30.2 Å². The third-order valence-electron chi connectivity index (χ3n) is 5.87. The van der Waals surface area contributed by atoms with Gasteiger partial charge in [0, 0.05) is 28.1 Å². The van der Waals surface area contributed by atoms with Crippen LogP contribution in [0.25, 0.3) is 0 Å². The monoisotopic (exact) mass is 587 g/mol. The minimum atomic E-state index is -0.282. The number of urea groups is 1. The Kier molecular flexibility index (Phi) is 11.3. The molecule has 0 spiro atoms. The molecule has 0 saturated heterocycles. The molecule has 0 saturated carbocycles. The lowest BCUT2D eigenvalue weighted by Crippen LogP contribution is -2.45. The van der Waals surface area contributed by atoms with Crippen LogP contribution < -0.4 is 14.8 Å². The molecule has 2 aromatic carbocycles. The van der Waals surface area contributed by atoms with Crippen LogP contribution in [0.4, 0.5) is 10.5 Å². The summed E-state index contributed by atoms with van der Waals surface area (Å²) in [6, 6.07) is 16.9. The summed E-state index contributed by atoms with van der Waals surface area (Å²) in [7, 11) is 3.22. The van der Waals surface area contributed by atoms with Crippen molar-refractivity contribution in [3.05, 3.63) is 74.9 Å². The van der Waals surface area contributed by atoms with Crippen molar-refractivity contribution in [3.63, 3.8) is 0 Å². The fourth-order valence-corrected chi connectivity index (χ4v) is 4.93. The molecule has 0 atom stereocenters. The Labute approximate surface area is 231 Å². The Morgan fingerprint density at radius 2 is 1.78 bits per heavy atom. The van der Waals surface area contributed by atoms with Crippen LogP contribution in [0.5, 0.6) is 11.5 Å². The van der Waals surface area contributed by atoms with Crippen molar-refractivity contribution in [2.75, 3.05) is 39.2 Å². The number of halogens is 1. The summed E-state index contributed by atoms with van der Waals surface area (Å²) in [5.41, 5.74) is 1.72. The maximum atomic E-state index is 13.6. The van der Waals surface area contributed by atoms with Crippen LogP contribution in [0.3, 0.4) is 0 Å². The molecule has 7 nitrogen and oxygen atoms in total. The Bertz CT molecular complexity index is 1160. The predicted octanol–water partition coefficient (Wildman–Crippen LogP) is 6.43. The molecule has 0 aliphatic heterocycles. The first kappa shape index (κ1) is 28.5. The summed E-state index contributed by atoms with van der Waals surface area (Å²) >= 11 is 5.05. The van der Waals surface area contributed by atoms with Crippen molar-refractivity contribution in [2.24, 2.45) is 0 Å². The molecular weight excluding hydrogens is 554 g/mol. The van der Waals surface area contributed by atoms with Gasteiger partial charge in [-0.2, -0.15) is 0 Å². The topological polar surface area (TPSA) is 71.1 Å². The van der Waals surface area contributed by atoms with Crippen LogP contribution >= 0.6 is 27.3 Å². The Balaban J connectivity index is 1.73. The smallest absolute Gasteiger partial charge is 0.322 e. The number of unbranched alkanes of at least 4 members (excludes halogenated alkanes) is 1. The van der Waals surface area contributed by atoms with Gasteiger partial charge in [0.15, 0.2) is 11.5 Å². The highest BCUT2D eigenvalue weighted by Gasteiger charge is 2.22. The number of amides is 3. The molecule has 37 heavy (non-hydrogen) atoms. The molecule has 3 amide bonds. The second-order valence-corrected chi connectivity index (χ2v) is 10.5. The van der Waals surface area contributed by atoms with Crippen molar-refractivity contribution in [1.29, 1.82) is 0 Å². The SMILES string of the molecule is CCCCN(CC(=O)N(CCc1ccc(OC)c(OC)c1)Cc1cccs1)C(=O)Nc1cccc(Br)c1. The normalized spacial score (nSPS) is 10.6. The van der Waals surface area contributed by atoms with Gasteiger partial charge in [-0.15, -0.1) is 11.3 Å². The zero-order valence-corrected chi connectivity index (χ0v) is 23.9. The van der Waals surface area contributed by atoms with Crippen LogP contribution in [-0.4, -0.2) is 55.6 Å². The van der Waals surface area contributed by atoms with Crippen molar-refractivity contribution in [2.45, 2.75) is 32.7 Å². The first-order valence-corrected chi connectivity index (χ1v) is 13.9. The molecule has 0 aliphatic carbocycles. The minimum absolute atomic E-state index is 0.0111.